The summed E-state index contributed by atoms with van der Waals surface area (Å²) >= 11 is 0. The summed E-state index contributed by atoms with van der Waals surface area (Å²) in [5, 5.41) is 4.00. The molecule has 1 atom stereocenters. The minimum atomic E-state index is -0.657. The van der Waals surface area contributed by atoms with Gasteiger partial charge in [-0.1, -0.05) is 24.2 Å². The lowest BCUT2D eigenvalue weighted by Crippen LogP contribution is -2.39. The third kappa shape index (κ3) is 4.89. The van der Waals surface area contributed by atoms with E-state index in [1.54, 1.807) is 33.4 Å². The van der Waals surface area contributed by atoms with Crippen molar-refractivity contribution in [2.24, 2.45) is 0 Å². The molecule has 3 aromatic rings. The summed E-state index contributed by atoms with van der Waals surface area (Å²) in [5.74, 6) is 2.44. The number of likely N-dealkylation sites (N-methyl/N-ethyl adjacent to an activating group) is 1. The average Bonchev–Trinajstić information content (AvgIpc) is 3.25. The van der Waals surface area contributed by atoms with Gasteiger partial charge in [0.05, 0.1) is 20.8 Å². The average molecular weight is 411 g/mol. The molecule has 1 aromatic heterocycles. The topological polar surface area (TPSA) is 86.9 Å². The summed E-state index contributed by atoms with van der Waals surface area (Å²) < 4.78 is 21.7. The summed E-state index contributed by atoms with van der Waals surface area (Å²) in [6.45, 7) is 2.06. The number of benzene rings is 2. The monoisotopic (exact) mass is 411 g/mol. The van der Waals surface area contributed by atoms with Crippen molar-refractivity contribution in [1.29, 1.82) is 0 Å². The van der Waals surface area contributed by atoms with E-state index in [4.69, 9.17) is 18.7 Å². The van der Waals surface area contributed by atoms with Crippen LogP contribution in [0.15, 0.2) is 53.1 Å². The zero-order chi connectivity index (χ0) is 21.5. The van der Waals surface area contributed by atoms with Gasteiger partial charge in [-0.3, -0.25) is 4.79 Å². The number of hydrogen-bond donors (Lipinski definition) is 0. The summed E-state index contributed by atoms with van der Waals surface area (Å²) in [5.41, 5.74) is 0.797. The van der Waals surface area contributed by atoms with Gasteiger partial charge in [0.1, 0.15) is 5.75 Å². The maximum Gasteiger partial charge on any atom is 0.263 e. The van der Waals surface area contributed by atoms with E-state index in [1.807, 2.05) is 43.3 Å². The van der Waals surface area contributed by atoms with Crippen molar-refractivity contribution in [3.8, 4) is 28.6 Å². The fraction of sp³-hybridized carbons (Fsp3) is 0.318. The van der Waals surface area contributed by atoms with E-state index < -0.39 is 6.10 Å². The Labute approximate surface area is 175 Å². The summed E-state index contributed by atoms with van der Waals surface area (Å²) in [6.07, 6.45) is -0.155. The van der Waals surface area contributed by atoms with Crippen molar-refractivity contribution in [3.63, 3.8) is 0 Å². The Kier molecular flexibility index (Phi) is 6.90. The molecule has 8 nitrogen and oxygen atoms in total. The van der Waals surface area contributed by atoms with Crippen molar-refractivity contribution in [2.45, 2.75) is 26.0 Å². The lowest BCUT2D eigenvalue weighted by molar-refractivity contribution is -0.138. The molecule has 1 unspecified atom stereocenters. The largest absolute Gasteiger partial charge is 0.497 e. The molecule has 1 amide bonds. The zero-order valence-corrected chi connectivity index (χ0v) is 17.5. The number of para-hydroxylation sites is 2. The van der Waals surface area contributed by atoms with Crippen molar-refractivity contribution >= 4 is 5.91 Å². The Bertz CT molecular complexity index is 971. The molecule has 0 saturated heterocycles. The Hall–Kier alpha value is -3.55. The van der Waals surface area contributed by atoms with E-state index in [9.17, 15) is 4.79 Å². The van der Waals surface area contributed by atoms with Gasteiger partial charge in [-0.05, 0) is 42.8 Å². The van der Waals surface area contributed by atoms with Crippen molar-refractivity contribution < 1.29 is 23.5 Å². The lowest BCUT2D eigenvalue weighted by atomic mass is 10.2. The predicted octanol–water partition coefficient (Wildman–Crippen LogP) is 3.57. The van der Waals surface area contributed by atoms with Gasteiger partial charge in [0, 0.05) is 12.6 Å². The molecule has 0 bridgehead atoms. The van der Waals surface area contributed by atoms with Crippen LogP contribution in [-0.4, -0.2) is 48.3 Å². The third-order valence-electron chi connectivity index (χ3n) is 4.55. The van der Waals surface area contributed by atoms with Gasteiger partial charge in [-0.25, -0.2) is 0 Å². The predicted molar refractivity (Wildman–Crippen MR) is 110 cm³/mol. The molecule has 2 aromatic carbocycles. The third-order valence-corrected chi connectivity index (χ3v) is 4.55. The van der Waals surface area contributed by atoms with Gasteiger partial charge in [-0.15, -0.1) is 0 Å². The molecular formula is C22H25N3O5. The highest BCUT2D eigenvalue weighted by molar-refractivity contribution is 5.81. The molecule has 158 valence electrons. The normalized spacial score (nSPS) is 11.6. The highest BCUT2D eigenvalue weighted by Crippen LogP contribution is 2.28. The van der Waals surface area contributed by atoms with Crippen LogP contribution < -0.4 is 14.2 Å². The van der Waals surface area contributed by atoms with Crippen LogP contribution in [0.5, 0.6) is 17.2 Å². The second kappa shape index (κ2) is 9.78. The van der Waals surface area contributed by atoms with Crippen LogP contribution in [0.25, 0.3) is 11.4 Å². The van der Waals surface area contributed by atoms with E-state index in [2.05, 4.69) is 10.1 Å². The smallest absolute Gasteiger partial charge is 0.263 e. The zero-order valence-electron chi connectivity index (χ0n) is 17.5. The number of ether oxygens (including phenoxy) is 3. The second-order valence-corrected chi connectivity index (χ2v) is 6.60. The van der Waals surface area contributed by atoms with Crippen LogP contribution in [0.2, 0.25) is 0 Å². The van der Waals surface area contributed by atoms with Crippen LogP contribution in [0.1, 0.15) is 19.2 Å². The van der Waals surface area contributed by atoms with Crippen LogP contribution in [-0.2, 0) is 11.3 Å². The first-order valence-corrected chi connectivity index (χ1v) is 9.57. The summed E-state index contributed by atoms with van der Waals surface area (Å²) in [4.78, 5) is 18.8. The highest BCUT2D eigenvalue weighted by atomic mass is 16.5. The molecule has 30 heavy (non-hydrogen) atoms. The maximum atomic E-state index is 12.9. The Morgan fingerprint density at radius 2 is 1.77 bits per heavy atom. The second-order valence-electron chi connectivity index (χ2n) is 6.60. The first kappa shape index (κ1) is 21.2. The standard InChI is InChI=1S/C22H25N3O5/c1-5-17(29-19-9-7-6-8-18(19)28-4)22(26)25(2)14-20-23-21(24-30-20)15-10-12-16(27-3)13-11-15/h6-13,17H,5,14H2,1-4H3. The van der Waals surface area contributed by atoms with E-state index in [1.165, 1.54) is 4.90 Å². The molecule has 0 saturated carbocycles. The number of carbonyl (C=O) groups is 1. The van der Waals surface area contributed by atoms with Gasteiger partial charge < -0.3 is 23.6 Å². The van der Waals surface area contributed by atoms with E-state index >= 15 is 0 Å². The highest BCUT2D eigenvalue weighted by Gasteiger charge is 2.25. The van der Waals surface area contributed by atoms with E-state index in [0.717, 1.165) is 11.3 Å². The maximum absolute atomic E-state index is 12.9. The first-order chi connectivity index (χ1) is 14.5. The fourth-order valence-corrected chi connectivity index (χ4v) is 2.88. The molecular weight excluding hydrogens is 386 g/mol. The number of nitrogens with zero attached hydrogens (tertiary/aromatic N) is 3. The number of methoxy groups -OCH3 is 2. The van der Waals surface area contributed by atoms with E-state index in [0.29, 0.717) is 29.6 Å². The van der Waals surface area contributed by atoms with Crippen molar-refractivity contribution in [2.75, 3.05) is 21.3 Å². The minimum Gasteiger partial charge on any atom is -0.497 e. The summed E-state index contributed by atoms with van der Waals surface area (Å²) in [7, 11) is 4.84. The molecule has 0 aliphatic rings. The van der Waals surface area contributed by atoms with E-state index in [-0.39, 0.29) is 12.5 Å². The lowest BCUT2D eigenvalue weighted by Gasteiger charge is -2.23. The number of rotatable bonds is 9. The van der Waals surface area contributed by atoms with Crippen molar-refractivity contribution in [1.82, 2.24) is 15.0 Å². The minimum absolute atomic E-state index is 0.174. The molecule has 3 rings (SSSR count). The van der Waals surface area contributed by atoms with Gasteiger partial charge in [0.2, 0.25) is 11.7 Å². The number of amides is 1. The number of aromatic nitrogens is 2. The van der Waals surface area contributed by atoms with Crippen LogP contribution in [0.4, 0.5) is 0 Å². The Morgan fingerprint density at radius 1 is 1.07 bits per heavy atom. The van der Waals surface area contributed by atoms with Crippen molar-refractivity contribution in [3.05, 3.63) is 54.4 Å². The molecule has 0 aliphatic carbocycles. The molecule has 0 spiro atoms. The SMILES string of the molecule is CCC(Oc1ccccc1OC)C(=O)N(C)Cc1nc(-c2ccc(OC)cc2)no1. The van der Waals surface area contributed by atoms with Gasteiger partial charge in [0.25, 0.3) is 5.91 Å². The fourth-order valence-electron chi connectivity index (χ4n) is 2.88. The molecule has 0 N–H and O–H groups in total. The molecule has 1 heterocycles. The first-order valence-electron chi connectivity index (χ1n) is 9.57. The van der Waals surface area contributed by atoms with Crippen LogP contribution >= 0.6 is 0 Å². The van der Waals surface area contributed by atoms with Crippen LogP contribution in [0.3, 0.4) is 0 Å². The number of hydrogen-bond acceptors (Lipinski definition) is 7. The quantitative estimate of drug-likeness (QED) is 0.532. The Balaban J connectivity index is 1.66. The molecule has 8 heteroatoms. The molecule has 0 fully saturated rings. The summed E-state index contributed by atoms with van der Waals surface area (Å²) in [6, 6.07) is 14.6. The van der Waals surface area contributed by atoms with Gasteiger partial charge >= 0.3 is 0 Å². The van der Waals surface area contributed by atoms with Gasteiger partial charge in [-0.2, -0.15) is 4.98 Å². The number of carbonyl (C=O) groups excluding carboxylic acids is 1. The van der Waals surface area contributed by atoms with Crippen LogP contribution in [0, 0.1) is 0 Å². The molecule has 0 radical (unpaired) electrons. The Morgan fingerprint density at radius 3 is 2.40 bits per heavy atom. The van der Waals surface area contributed by atoms with Gasteiger partial charge in [0.15, 0.2) is 17.6 Å². The molecule has 0 aliphatic heterocycles.